The highest BCUT2D eigenvalue weighted by molar-refractivity contribution is 6.11. The largest absolute Gasteiger partial charge is 0.508 e. The minimum atomic E-state index is -1.56. The molecule has 0 aliphatic carbocycles. The van der Waals surface area contributed by atoms with Crippen molar-refractivity contribution in [2.75, 3.05) is 6.61 Å². The Bertz CT molecular complexity index is 1020. The molecule has 0 aromatic heterocycles. The molecule has 5 atom stereocenters. The fourth-order valence-corrected chi connectivity index (χ4v) is 3.50. The highest BCUT2D eigenvalue weighted by Gasteiger charge is 2.44. The maximum Gasteiger partial charge on any atom is 0.229 e. The molecule has 1 saturated heterocycles. The highest BCUT2D eigenvalue weighted by atomic mass is 16.7. The van der Waals surface area contributed by atoms with Crippen LogP contribution in [0.15, 0.2) is 42.5 Å². The third-order valence-corrected chi connectivity index (χ3v) is 4.97. The van der Waals surface area contributed by atoms with E-state index in [2.05, 4.69) is 0 Å². The number of aliphatic hydroxyl groups excluding tert-OH is 4. The van der Waals surface area contributed by atoms with Crippen molar-refractivity contribution in [1.82, 2.24) is 0 Å². The fraction of sp³-hybridized carbons (Fsp3) is 0.300. The van der Waals surface area contributed by atoms with Gasteiger partial charge in [-0.3, -0.25) is 0 Å². The number of ether oxygens (including phenoxy) is 2. The summed E-state index contributed by atoms with van der Waals surface area (Å²) in [7, 11) is 0. The van der Waals surface area contributed by atoms with Gasteiger partial charge in [0.15, 0.2) is 0 Å². The average Bonchev–Trinajstić information content (AvgIpc) is 2.67. The predicted molar refractivity (Wildman–Crippen MR) is 99.2 cm³/mol. The molecule has 4 rings (SSSR count). The van der Waals surface area contributed by atoms with Crippen molar-refractivity contribution in [2.24, 2.45) is 0 Å². The molecule has 148 valence electrons. The van der Waals surface area contributed by atoms with Crippen molar-refractivity contribution in [3.63, 3.8) is 0 Å². The van der Waals surface area contributed by atoms with E-state index < -0.39 is 37.3 Å². The standard InChI is InChI=1S/C20H20O8/c21-8-15-17(24)18(25)19(26)20(28-15)27-12-5-10-2-1-9-3-4-11(22)6-13(9)16(10)14(23)7-12/h1-7,15,17-26H,8H2/t15-,17-,18+,19-,20-/m1/s1. The lowest BCUT2D eigenvalue weighted by Crippen LogP contribution is -2.60. The fourth-order valence-electron chi connectivity index (χ4n) is 3.50. The maximum atomic E-state index is 10.5. The second-order valence-corrected chi connectivity index (χ2v) is 6.83. The summed E-state index contributed by atoms with van der Waals surface area (Å²) in [6.45, 7) is -0.566. The molecule has 0 amide bonds. The molecule has 0 saturated carbocycles. The zero-order chi connectivity index (χ0) is 20.0. The number of rotatable bonds is 3. The minimum Gasteiger partial charge on any atom is -0.508 e. The maximum absolute atomic E-state index is 10.5. The van der Waals surface area contributed by atoms with Crippen LogP contribution in [0.4, 0.5) is 0 Å². The quantitative estimate of drug-likeness (QED) is 0.358. The molecule has 0 unspecified atom stereocenters. The van der Waals surface area contributed by atoms with Gasteiger partial charge in [0.2, 0.25) is 6.29 Å². The van der Waals surface area contributed by atoms with Crippen LogP contribution in [0.2, 0.25) is 0 Å². The van der Waals surface area contributed by atoms with Crippen LogP contribution in [0.25, 0.3) is 21.5 Å². The van der Waals surface area contributed by atoms with E-state index in [1.165, 1.54) is 6.07 Å². The van der Waals surface area contributed by atoms with Gasteiger partial charge < -0.3 is 40.1 Å². The molecule has 3 aromatic rings. The number of fused-ring (bicyclic) bond motifs is 3. The van der Waals surface area contributed by atoms with Crippen LogP contribution < -0.4 is 4.74 Å². The van der Waals surface area contributed by atoms with Crippen LogP contribution in [0.3, 0.4) is 0 Å². The van der Waals surface area contributed by atoms with E-state index in [9.17, 15) is 30.6 Å². The molecule has 28 heavy (non-hydrogen) atoms. The Labute approximate surface area is 159 Å². The van der Waals surface area contributed by atoms with Crippen molar-refractivity contribution in [1.29, 1.82) is 0 Å². The average molecular weight is 388 g/mol. The normalized spacial score (nSPS) is 27.9. The summed E-state index contributed by atoms with van der Waals surface area (Å²) in [6, 6.07) is 11.4. The first-order valence-corrected chi connectivity index (χ1v) is 8.74. The molecule has 3 aromatic carbocycles. The molecule has 1 aliphatic heterocycles. The number of aromatic hydroxyl groups is 2. The van der Waals surface area contributed by atoms with Gasteiger partial charge in [0, 0.05) is 11.5 Å². The van der Waals surface area contributed by atoms with Crippen LogP contribution in [0, 0.1) is 0 Å². The molecular formula is C20H20O8. The summed E-state index contributed by atoms with van der Waals surface area (Å²) in [6.07, 6.45) is -7.04. The van der Waals surface area contributed by atoms with Gasteiger partial charge in [-0.05, 0) is 34.4 Å². The second kappa shape index (κ2) is 7.08. The minimum absolute atomic E-state index is 0.0704. The summed E-state index contributed by atoms with van der Waals surface area (Å²) >= 11 is 0. The Morgan fingerprint density at radius 1 is 0.857 bits per heavy atom. The first kappa shape index (κ1) is 18.7. The number of hydrogen-bond acceptors (Lipinski definition) is 8. The van der Waals surface area contributed by atoms with Gasteiger partial charge in [-0.2, -0.15) is 0 Å². The molecule has 8 nitrogen and oxygen atoms in total. The molecule has 6 N–H and O–H groups in total. The number of aliphatic hydroxyl groups is 4. The first-order chi connectivity index (χ1) is 13.4. The summed E-state index contributed by atoms with van der Waals surface area (Å²) in [4.78, 5) is 0. The summed E-state index contributed by atoms with van der Waals surface area (Å²) in [5, 5.41) is 62.0. The van der Waals surface area contributed by atoms with E-state index in [1.54, 1.807) is 30.3 Å². The van der Waals surface area contributed by atoms with Crippen LogP contribution in [-0.4, -0.2) is 68.0 Å². The molecular weight excluding hydrogens is 368 g/mol. The van der Waals surface area contributed by atoms with Gasteiger partial charge in [-0.25, -0.2) is 0 Å². The summed E-state index contributed by atoms with van der Waals surface area (Å²) in [5.74, 6) is 0.128. The monoisotopic (exact) mass is 388 g/mol. The van der Waals surface area contributed by atoms with Crippen LogP contribution in [0.5, 0.6) is 17.2 Å². The Morgan fingerprint density at radius 2 is 1.57 bits per heavy atom. The van der Waals surface area contributed by atoms with E-state index >= 15 is 0 Å². The lowest BCUT2D eigenvalue weighted by Gasteiger charge is -2.39. The van der Waals surface area contributed by atoms with Gasteiger partial charge in [0.05, 0.1) is 6.61 Å². The Hall–Kier alpha value is -2.62. The molecule has 0 spiro atoms. The van der Waals surface area contributed by atoms with Crippen molar-refractivity contribution < 1.29 is 40.1 Å². The van der Waals surface area contributed by atoms with E-state index in [1.807, 2.05) is 6.07 Å². The molecule has 1 aliphatic rings. The smallest absolute Gasteiger partial charge is 0.229 e. The van der Waals surface area contributed by atoms with Crippen molar-refractivity contribution >= 4 is 21.5 Å². The number of phenols is 2. The van der Waals surface area contributed by atoms with Gasteiger partial charge in [-0.15, -0.1) is 0 Å². The molecule has 1 fully saturated rings. The second-order valence-electron chi connectivity index (χ2n) is 6.83. The van der Waals surface area contributed by atoms with E-state index in [0.717, 1.165) is 5.39 Å². The lowest BCUT2D eigenvalue weighted by molar-refractivity contribution is -0.277. The summed E-state index contributed by atoms with van der Waals surface area (Å²) < 4.78 is 10.9. The number of phenolic OH excluding ortho intramolecular Hbond substituents is 2. The SMILES string of the molecule is OC[C@H]1O[C@@H](Oc2cc(O)c3c(ccc4ccc(O)cc43)c2)[C@H](O)[C@@H](O)[C@@H]1O. The first-order valence-electron chi connectivity index (χ1n) is 8.74. The van der Waals surface area contributed by atoms with Gasteiger partial charge in [0.25, 0.3) is 0 Å². The molecule has 1 heterocycles. The van der Waals surface area contributed by atoms with E-state index in [4.69, 9.17) is 9.47 Å². The van der Waals surface area contributed by atoms with Crippen LogP contribution in [-0.2, 0) is 4.74 Å². The number of hydrogen-bond donors (Lipinski definition) is 6. The van der Waals surface area contributed by atoms with Crippen molar-refractivity contribution in [2.45, 2.75) is 30.7 Å². The van der Waals surface area contributed by atoms with Gasteiger partial charge in [-0.1, -0.05) is 18.2 Å². The van der Waals surface area contributed by atoms with E-state index in [0.29, 0.717) is 16.2 Å². The van der Waals surface area contributed by atoms with Crippen LogP contribution >= 0.6 is 0 Å². The van der Waals surface area contributed by atoms with Crippen LogP contribution in [0.1, 0.15) is 0 Å². The Balaban J connectivity index is 1.71. The number of benzene rings is 3. The zero-order valence-corrected chi connectivity index (χ0v) is 14.6. The van der Waals surface area contributed by atoms with Crippen molar-refractivity contribution in [3.05, 3.63) is 42.5 Å². The topological polar surface area (TPSA) is 140 Å². The molecule has 8 heteroatoms. The molecule has 0 bridgehead atoms. The van der Waals surface area contributed by atoms with Gasteiger partial charge in [0.1, 0.15) is 41.7 Å². The highest BCUT2D eigenvalue weighted by Crippen LogP contribution is 2.37. The molecule has 0 radical (unpaired) electrons. The predicted octanol–water partition coefficient (Wildman–Crippen LogP) is 0.583. The Morgan fingerprint density at radius 3 is 2.32 bits per heavy atom. The van der Waals surface area contributed by atoms with Crippen molar-refractivity contribution in [3.8, 4) is 17.2 Å². The third-order valence-electron chi connectivity index (χ3n) is 4.97. The summed E-state index contributed by atoms with van der Waals surface area (Å²) in [5.41, 5.74) is 0. The van der Waals surface area contributed by atoms with E-state index in [-0.39, 0.29) is 17.2 Å². The van der Waals surface area contributed by atoms with Gasteiger partial charge >= 0.3 is 0 Å². The lowest BCUT2D eigenvalue weighted by atomic mass is 9.99. The zero-order valence-electron chi connectivity index (χ0n) is 14.6. The Kier molecular flexibility index (Phi) is 4.74. The third kappa shape index (κ3) is 3.11.